The predicted octanol–water partition coefficient (Wildman–Crippen LogP) is 1.84. The number of hydrogen-bond donors (Lipinski definition) is 2. The molecule has 1 atom stereocenters. The molecule has 0 radical (unpaired) electrons. The van der Waals surface area contributed by atoms with Crippen molar-refractivity contribution in [1.29, 1.82) is 0 Å². The topological polar surface area (TPSA) is 78.6 Å². The average molecular weight is 253 g/mol. The molecule has 0 aliphatic rings. The van der Waals surface area contributed by atoms with E-state index in [0.29, 0.717) is 24.5 Å². The van der Waals surface area contributed by atoms with Crippen molar-refractivity contribution in [2.24, 2.45) is 0 Å². The van der Waals surface area contributed by atoms with Crippen molar-refractivity contribution in [2.75, 3.05) is 30.4 Å². The van der Waals surface area contributed by atoms with E-state index in [1.54, 1.807) is 18.9 Å². The summed E-state index contributed by atoms with van der Waals surface area (Å²) in [5.74, 6) is 0. The number of benzene rings is 1. The van der Waals surface area contributed by atoms with Crippen molar-refractivity contribution in [1.82, 2.24) is 0 Å². The highest BCUT2D eigenvalue weighted by Gasteiger charge is 2.13. The minimum Gasteiger partial charge on any atom is -0.392 e. The number of aliphatic hydroxyl groups is 1. The molecule has 0 spiro atoms. The van der Waals surface area contributed by atoms with Gasteiger partial charge in [-0.1, -0.05) is 0 Å². The van der Waals surface area contributed by atoms with Crippen LogP contribution in [0, 0.1) is 10.1 Å². The number of aliphatic hydroxyl groups excluding tert-OH is 1. The van der Waals surface area contributed by atoms with Gasteiger partial charge in [-0.2, -0.15) is 0 Å². The number of non-ortho nitro benzene ring substituents is 1. The lowest BCUT2D eigenvalue weighted by Gasteiger charge is -2.21. The largest absolute Gasteiger partial charge is 0.392 e. The van der Waals surface area contributed by atoms with Gasteiger partial charge in [0, 0.05) is 43.6 Å². The third-order valence-corrected chi connectivity index (χ3v) is 2.47. The van der Waals surface area contributed by atoms with Crippen LogP contribution in [0.3, 0.4) is 0 Å². The fourth-order valence-corrected chi connectivity index (χ4v) is 1.73. The summed E-state index contributed by atoms with van der Waals surface area (Å²) in [6.45, 7) is 4.73. The molecule has 100 valence electrons. The maximum absolute atomic E-state index is 10.9. The standard InChI is InChI=1S/C12H19N3O3/c1-4-13-10-5-11(14(3)8-9(2)16)7-12(6-10)15(17)18/h5-7,9,13,16H,4,8H2,1-3H3. The summed E-state index contributed by atoms with van der Waals surface area (Å²) in [7, 11) is 1.79. The molecule has 0 bridgehead atoms. The molecule has 2 N–H and O–H groups in total. The zero-order chi connectivity index (χ0) is 13.7. The number of nitro groups is 1. The molecule has 1 aromatic rings. The molecule has 1 rings (SSSR count). The molecule has 18 heavy (non-hydrogen) atoms. The van der Waals surface area contributed by atoms with Crippen LogP contribution in [0.25, 0.3) is 0 Å². The fourth-order valence-electron chi connectivity index (χ4n) is 1.73. The van der Waals surface area contributed by atoms with Crippen molar-refractivity contribution in [2.45, 2.75) is 20.0 Å². The van der Waals surface area contributed by atoms with E-state index in [2.05, 4.69) is 5.32 Å². The molecular weight excluding hydrogens is 234 g/mol. The fraction of sp³-hybridized carbons (Fsp3) is 0.500. The van der Waals surface area contributed by atoms with Crippen LogP contribution in [0.1, 0.15) is 13.8 Å². The van der Waals surface area contributed by atoms with E-state index in [4.69, 9.17) is 0 Å². The number of hydrogen-bond acceptors (Lipinski definition) is 5. The van der Waals surface area contributed by atoms with Crippen LogP contribution in [0.15, 0.2) is 18.2 Å². The highest BCUT2D eigenvalue weighted by molar-refractivity contribution is 5.64. The molecule has 0 amide bonds. The molecule has 0 saturated carbocycles. The van der Waals surface area contributed by atoms with Gasteiger partial charge in [0.05, 0.1) is 11.0 Å². The molecular formula is C12H19N3O3. The second-order valence-corrected chi connectivity index (χ2v) is 4.26. The van der Waals surface area contributed by atoms with E-state index in [-0.39, 0.29) is 5.69 Å². The number of likely N-dealkylation sites (N-methyl/N-ethyl adjacent to an activating group) is 1. The third-order valence-electron chi connectivity index (χ3n) is 2.47. The minimum absolute atomic E-state index is 0.0425. The Kier molecular flexibility index (Phi) is 4.91. The highest BCUT2D eigenvalue weighted by atomic mass is 16.6. The molecule has 0 aliphatic carbocycles. The first-order valence-electron chi connectivity index (χ1n) is 5.86. The lowest BCUT2D eigenvalue weighted by atomic mass is 10.2. The van der Waals surface area contributed by atoms with Crippen molar-refractivity contribution >= 4 is 17.1 Å². The van der Waals surface area contributed by atoms with E-state index in [1.165, 1.54) is 12.1 Å². The van der Waals surface area contributed by atoms with Gasteiger partial charge >= 0.3 is 0 Å². The minimum atomic E-state index is -0.489. The molecule has 0 fully saturated rings. The van der Waals surface area contributed by atoms with Gasteiger partial charge in [0.15, 0.2) is 0 Å². The van der Waals surface area contributed by atoms with Gasteiger partial charge in [-0.25, -0.2) is 0 Å². The first-order valence-corrected chi connectivity index (χ1v) is 5.86. The van der Waals surface area contributed by atoms with Crippen LogP contribution in [-0.2, 0) is 0 Å². The summed E-state index contributed by atoms with van der Waals surface area (Å²) in [6, 6.07) is 4.84. The van der Waals surface area contributed by atoms with Crippen LogP contribution in [0.2, 0.25) is 0 Å². The van der Waals surface area contributed by atoms with Gasteiger partial charge in [0.25, 0.3) is 5.69 Å². The summed E-state index contributed by atoms with van der Waals surface area (Å²) >= 11 is 0. The van der Waals surface area contributed by atoms with E-state index in [9.17, 15) is 15.2 Å². The van der Waals surface area contributed by atoms with Crippen molar-refractivity contribution in [3.05, 3.63) is 28.3 Å². The summed E-state index contributed by atoms with van der Waals surface area (Å²) in [6.07, 6.45) is -0.489. The van der Waals surface area contributed by atoms with Crippen molar-refractivity contribution < 1.29 is 10.0 Å². The van der Waals surface area contributed by atoms with E-state index in [1.807, 2.05) is 13.0 Å². The van der Waals surface area contributed by atoms with Gasteiger partial charge in [-0.15, -0.1) is 0 Å². The molecule has 1 unspecified atom stereocenters. The van der Waals surface area contributed by atoms with E-state index in [0.717, 1.165) is 0 Å². The average Bonchev–Trinajstić information content (AvgIpc) is 2.28. The van der Waals surface area contributed by atoms with Gasteiger partial charge in [-0.3, -0.25) is 10.1 Å². The Balaban J connectivity index is 3.05. The van der Waals surface area contributed by atoms with Gasteiger partial charge < -0.3 is 15.3 Å². The lowest BCUT2D eigenvalue weighted by Crippen LogP contribution is -2.26. The lowest BCUT2D eigenvalue weighted by molar-refractivity contribution is -0.384. The molecule has 0 aromatic heterocycles. The zero-order valence-corrected chi connectivity index (χ0v) is 10.9. The number of rotatable bonds is 6. The zero-order valence-electron chi connectivity index (χ0n) is 10.9. The Hall–Kier alpha value is -1.82. The first-order chi connectivity index (χ1) is 8.43. The van der Waals surface area contributed by atoms with E-state index >= 15 is 0 Å². The van der Waals surface area contributed by atoms with Gasteiger partial charge in [0.1, 0.15) is 0 Å². The summed E-state index contributed by atoms with van der Waals surface area (Å²) < 4.78 is 0. The molecule has 6 heteroatoms. The number of nitro benzene ring substituents is 1. The summed E-state index contributed by atoms with van der Waals surface area (Å²) in [5, 5.41) is 23.3. The first kappa shape index (κ1) is 14.2. The maximum Gasteiger partial charge on any atom is 0.273 e. The second-order valence-electron chi connectivity index (χ2n) is 4.26. The Labute approximate surface area is 106 Å². The SMILES string of the molecule is CCNc1cc(N(C)CC(C)O)cc([N+](=O)[O-])c1. The molecule has 0 aliphatic heterocycles. The van der Waals surface area contributed by atoms with Crippen LogP contribution in [0.4, 0.5) is 17.1 Å². The third kappa shape index (κ3) is 3.89. The quantitative estimate of drug-likeness (QED) is 0.597. The Morgan fingerprint density at radius 1 is 1.50 bits per heavy atom. The van der Waals surface area contributed by atoms with Gasteiger partial charge in [0.2, 0.25) is 0 Å². The number of nitrogens with one attached hydrogen (secondary N) is 1. The monoisotopic (exact) mass is 253 g/mol. The molecule has 1 aromatic carbocycles. The van der Waals surface area contributed by atoms with Gasteiger partial charge in [-0.05, 0) is 19.9 Å². The number of nitrogens with zero attached hydrogens (tertiary/aromatic N) is 2. The van der Waals surface area contributed by atoms with Crippen LogP contribution in [-0.4, -0.2) is 36.3 Å². The van der Waals surface area contributed by atoms with Crippen LogP contribution >= 0.6 is 0 Å². The maximum atomic E-state index is 10.9. The summed E-state index contributed by atoms with van der Waals surface area (Å²) in [4.78, 5) is 12.2. The summed E-state index contributed by atoms with van der Waals surface area (Å²) in [5.41, 5.74) is 1.46. The molecule has 0 saturated heterocycles. The number of anilines is 2. The predicted molar refractivity (Wildman–Crippen MR) is 72.2 cm³/mol. The highest BCUT2D eigenvalue weighted by Crippen LogP contribution is 2.26. The second kappa shape index (κ2) is 6.20. The van der Waals surface area contributed by atoms with E-state index < -0.39 is 11.0 Å². The van der Waals surface area contributed by atoms with Crippen molar-refractivity contribution in [3.63, 3.8) is 0 Å². The normalized spacial score (nSPS) is 12.0. The smallest absolute Gasteiger partial charge is 0.273 e. The Morgan fingerprint density at radius 3 is 2.67 bits per heavy atom. The van der Waals surface area contributed by atoms with Crippen LogP contribution < -0.4 is 10.2 Å². The van der Waals surface area contributed by atoms with Crippen molar-refractivity contribution in [3.8, 4) is 0 Å². The van der Waals surface area contributed by atoms with Crippen LogP contribution in [0.5, 0.6) is 0 Å². The molecule has 6 nitrogen and oxygen atoms in total. The molecule has 0 heterocycles. The Morgan fingerprint density at radius 2 is 2.17 bits per heavy atom. The Bertz CT molecular complexity index is 421.